The molecule has 0 radical (unpaired) electrons. The van der Waals surface area contributed by atoms with Crippen LogP contribution in [0.3, 0.4) is 0 Å². The van der Waals surface area contributed by atoms with E-state index in [0.717, 1.165) is 23.1 Å². The number of aryl methyl sites for hydroxylation is 1. The van der Waals surface area contributed by atoms with Crippen LogP contribution in [-0.2, 0) is 13.5 Å². The molecule has 2 heterocycles. The fraction of sp³-hybridized carbons (Fsp3) is 0.455. The van der Waals surface area contributed by atoms with E-state index in [1.807, 2.05) is 17.7 Å². The van der Waals surface area contributed by atoms with Crippen molar-refractivity contribution in [3.63, 3.8) is 0 Å². The number of hydrogen-bond acceptors (Lipinski definition) is 3. The molecule has 15 heavy (non-hydrogen) atoms. The summed E-state index contributed by atoms with van der Waals surface area (Å²) in [4.78, 5) is 8.68. The molecule has 0 amide bonds. The number of imidazole rings is 1. The molecule has 0 spiro atoms. The largest absolute Gasteiger partial charge is 0.384 e. The molecule has 80 valence electrons. The monoisotopic (exact) mass is 204 g/mol. The third-order valence-electron chi connectivity index (χ3n) is 2.39. The molecule has 2 rings (SSSR count). The Balaban J connectivity index is 2.63. The molecule has 0 saturated heterocycles. The Labute approximate surface area is 89.1 Å². The molecule has 0 atom stereocenters. The van der Waals surface area contributed by atoms with Crippen molar-refractivity contribution in [2.45, 2.75) is 20.3 Å². The van der Waals surface area contributed by atoms with Crippen LogP contribution in [-0.4, -0.2) is 14.5 Å². The van der Waals surface area contributed by atoms with E-state index in [4.69, 9.17) is 5.73 Å². The maximum atomic E-state index is 5.75. The van der Waals surface area contributed by atoms with E-state index >= 15 is 0 Å². The molecule has 2 aromatic rings. The Morgan fingerprint density at radius 1 is 1.47 bits per heavy atom. The number of fused-ring (bicyclic) bond motifs is 1. The summed E-state index contributed by atoms with van der Waals surface area (Å²) in [6.07, 6.45) is 2.73. The molecule has 2 N–H and O–H groups in total. The molecule has 2 aromatic heterocycles. The van der Waals surface area contributed by atoms with Crippen LogP contribution in [0, 0.1) is 5.92 Å². The second-order valence-corrected chi connectivity index (χ2v) is 4.31. The van der Waals surface area contributed by atoms with Crippen molar-refractivity contribution in [3.8, 4) is 0 Å². The lowest BCUT2D eigenvalue weighted by molar-refractivity contribution is 0.637. The Morgan fingerprint density at radius 3 is 2.87 bits per heavy atom. The molecule has 0 aliphatic heterocycles. The standard InChI is InChI=1S/C11H16N4/c1-7(2)4-9-11-8(5-10(12)14-9)13-6-15(11)3/h5-7H,4H2,1-3H3,(H2,12,14). The highest BCUT2D eigenvalue weighted by Gasteiger charge is 2.10. The van der Waals surface area contributed by atoms with Crippen molar-refractivity contribution in [1.82, 2.24) is 14.5 Å². The van der Waals surface area contributed by atoms with Crippen LogP contribution < -0.4 is 5.73 Å². The summed E-state index contributed by atoms with van der Waals surface area (Å²) in [6, 6.07) is 1.82. The van der Waals surface area contributed by atoms with Gasteiger partial charge in [0, 0.05) is 13.1 Å². The molecule has 4 nitrogen and oxygen atoms in total. The quantitative estimate of drug-likeness (QED) is 0.810. The summed E-state index contributed by atoms with van der Waals surface area (Å²) < 4.78 is 2.00. The minimum absolute atomic E-state index is 0.553. The Morgan fingerprint density at radius 2 is 2.20 bits per heavy atom. The molecule has 0 aliphatic rings. The molecule has 0 saturated carbocycles. The van der Waals surface area contributed by atoms with Gasteiger partial charge < -0.3 is 10.3 Å². The van der Waals surface area contributed by atoms with Crippen molar-refractivity contribution < 1.29 is 0 Å². The molecule has 0 unspecified atom stereocenters. The molecule has 0 bridgehead atoms. The van der Waals surface area contributed by atoms with E-state index < -0.39 is 0 Å². The van der Waals surface area contributed by atoms with Crippen LogP contribution in [0.1, 0.15) is 19.5 Å². The van der Waals surface area contributed by atoms with Crippen molar-refractivity contribution >= 4 is 16.9 Å². The lowest BCUT2D eigenvalue weighted by Crippen LogP contribution is -2.03. The SMILES string of the molecule is CC(C)Cc1nc(N)cc2ncn(C)c12. The number of hydrogen-bond donors (Lipinski definition) is 1. The number of nitrogen functional groups attached to an aromatic ring is 1. The van der Waals surface area contributed by atoms with Gasteiger partial charge in [0.15, 0.2) is 0 Å². The van der Waals surface area contributed by atoms with Crippen LogP contribution in [0.15, 0.2) is 12.4 Å². The first kappa shape index (κ1) is 9.96. The summed E-state index contributed by atoms with van der Waals surface area (Å²) in [5.41, 5.74) is 8.82. The Bertz CT molecular complexity index is 485. The van der Waals surface area contributed by atoms with Gasteiger partial charge in [0.25, 0.3) is 0 Å². The Kier molecular flexibility index (Phi) is 2.34. The van der Waals surface area contributed by atoms with Gasteiger partial charge >= 0.3 is 0 Å². The lowest BCUT2D eigenvalue weighted by Gasteiger charge is -2.07. The van der Waals surface area contributed by atoms with Gasteiger partial charge in [0.1, 0.15) is 5.82 Å². The van der Waals surface area contributed by atoms with Gasteiger partial charge in [0.2, 0.25) is 0 Å². The molecular formula is C11H16N4. The van der Waals surface area contributed by atoms with Gasteiger partial charge in [0.05, 0.1) is 23.1 Å². The van der Waals surface area contributed by atoms with Crippen molar-refractivity contribution in [3.05, 3.63) is 18.1 Å². The number of nitrogens with two attached hydrogens (primary N) is 1. The number of anilines is 1. The highest BCUT2D eigenvalue weighted by atomic mass is 15.0. The van der Waals surface area contributed by atoms with Crippen molar-refractivity contribution in [1.29, 1.82) is 0 Å². The third kappa shape index (κ3) is 1.79. The van der Waals surface area contributed by atoms with Gasteiger partial charge in [-0.2, -0.15) is 0 Å². The van der Waals surface area contributed by atoms with E-state index in [-0.39, 0.29) is 0 Å². The van der Waals surface area contributed by atoms with Gasteiger partial charge in [-0.05, 0) is 12.3 Å². The average Bonchev–Trinajstić information content (AvgIpc) is 2.46. The molecular weight excluding hydrogens is 188 g/mol. The van der Waals surface area contributed by atoms with Crippen LogP contribution >= 0.6 is 0 Å². The van der Waals surface area contributed by atoms with E-state index in [1.165, 1.54) is 0 Å². The lowest BCUT2D eigenvalue weighted by atomic mass is 10.1. The van der Waals surface area contributed by atoms with Crippen LogP contribution in [0.2, 0.25) is 0 Å². The van der Waals surface area contributed by atoms with E-state index in [9.17, 15) is 0 Å². The van der Waals surface area contributed by atoms with Crippen molar-refractivity contribution in [2.75, 3.05) is 5.73 Å². The number of rotatable bonds is 2. The van der Waals surface area contributed by atoms with Gasteiger partial charge in [-0.1, -0.05) is 13.8 Å². The Hall–Kier alpha value is -1.58. The first-order valence-corrected chi connectivity index (χ1v) is 5.14. The number of pyridine rings is 1. The summed E-state index contributed by atoms with van der Waals surface area (Å²) in [7, 11) is 1.98. The predicted molar refractivity (Wildman–Crippen MR) is 61.5 cm³/mol. The minimum atomic E-state index is 0.553. The average molecular weight is 204 g/mol. The van der Waals surface area contributed by atoms with E-state index in [0.29, 0.717) is 11.7 Å². The number of aromatic nitrogens is 3. The molecule has 0 aromatic carbocycles. The summed E-state index contributed by atoms with van der Waals surface area (Å²) >= 11 is 0. The zero-order valence-corrected chi connectivity index (χ0v) is 9.36. The normalized spacial score (nSPS) is 11.5. The van der Waals surface area contributed by atoms with Gasteiger partial charge in [-0.25, -0.2) is 9.97 Å². The molecule has 0 aliphatic carbocycles. The maximum absolute atomic E-state index is 5.75. The highest BCUT2D eigenvalue weighted by Crippen LogP contribution is 2.20. The van der Waals surface area contributed by atoms with Gasteiger partial charge in [-0.3, -0.25) is 0 Å². The fourth-order valence-corrected chi connectivity index (χ4v) is 1.82. The second kappa shape index (κ2) is 3.53. The summed E-state index contributed by atoms with van der Waals surface area (Å²) in [5, 5.41) is 0. The second-order valence-electron chi connectivity index (χ2n) is 4.31. The topological polar surface area (TPSA) is 56.7 Å². The zero-order valence-electron chi connectivity index (χ0n) is 9.36. The number of nitrogens with zero attached hydrogens (tertiary/aromatic N) is 3. The molecule has 4 heteroatoms. The van der Waals surface area contributed by atoms with Crippen LogP contribution in [0.25, 0.3) is 11.0 Å². The highest BCUT2D eigenvalue weighted by molar-refractivity contribution is 5.80. The van der Waals surface area contributed by atoms with Gasteiger partial charge in [-0.15, -0.1) is 0 Å². The maximum Gasteiger partial charge on any atom is 0.125 e. The van der Waals surface area contributed by atoms with E-state index in [1.54, 1.807) is 6.33 Å². The summed E-state index contributed by atoms with van der Waals surface area (Å²) in [6.45, 7) is 4.35. The van der Waals surface area contributed by atoms with E-state index in [2.05, 4.69) is 23.8 Å². The minimum Gasteiger partial charge on any atom is -0.384 e. The zero-order chi connectivity index (χ0) is 11.0. The smallest absolute Gasteiger partial charge is 0.125 e. The predicted octanol–water partition coefficient (Wildman–Crippen LogP) is 1.75. The molecule has 0 fully saturated rings. The fourth-order valence-electron chi connectivity index (χ4n) is 1.82. The van der Waals surface area contributed by atoms with Crippen LogP contribution in [0.5, 0.6) is 0 Å². The van der Waals surface area contributed by atoms with Crippen molar-refractivity contribution in [2.24, 2.45) is 13.0 Å². The first-order chi connectivity index (χ1) is 7.08. The first-order valence-electron chi connectivity index (χ1n) is 5.14. The summed E-state index contributed by atoms with van der Waals surface area (Å²) in [5.74, 6) is 1.12. The third-order valence-corrected chi connectivity index (χ3v) is 2.39. The van der Waals surface area contributed by atoms with Crippen LogP contribution in [0.4, 0.5) is 5.82 Å².